The molecule has 0 aliphatic carbocycles. The third kappa shape index (κ3) is 11.9. The molecule has 0 saturated heterocycles. The van der Waals surface area contributed by atoms with Gasteiger partial charge in [0.2, 0.25) is 0 Å². The van der Waals surface area contributed by atoms with Crippen molar-refractivity contribution in [3.63, 3.8) is 0 Å². The highest BCUT2D eigenvalue weighted by Crippen LogP contribution is 2.07. The first kappa shape index (κ1) is 16.9. The lowest BCUT2D eigenvalue weighted by Gasteiger charge is -2.02. The lowest BCUT2D eigenvalue weighted by Crippen LogP contribution is -2.06. The Hall–Kier alpha value is -1.18. The number of nitrogens with one attached hydrogen (secondary N) is 2. The minimum absolute atomic E-state index is 1.05. The number of rotatable bonds is 0. The van der Waals surface area contributed by atoms with Gasteiger partial charge in [-0.2, -0.15) is 0 Å². The van der Waals surface area contributed by atoms with E-state index in [2.05, 4.69) is 47.3 Å². The highest BCUT2D eigenvalue weighted by molar-refractivity contribution is 4.88. The second kappa shape index (κ2) is 14.2. The smallest absolute Gasteiger partial charge is 0.0175 e. The van der Waals surface area contributed by atoms with Crippen molar-refractivity contribution in [2.45, 2.75) is 64.2 Å². The van der Waals surface area contributed by atoms with E-state index < -0.39 is 0 Å². The van der Waals surface area contributed by atoms with Gasteiger partial charge in [-0.25, -0.2) is 0 Å². The van der Waals surface area contributed by atoms with Crippen molar-refractivity contribution in [2.75, 3.05) is 13.1 Å². The first-order chi connectivity index (χ1) is 10.0. The molecule has 1 aliphatic heterocycles. The molecule has 0 saturated carbocycles. The van der Waals surface area contributed by atoms with E-state index in [0.29, 0.717) is 0 Å². The Kier molecular flexibility index (Phi) is 12.0. The first-order valence-electron chi connectivity index (χ1n) is 8.42. The van der Waals surface area contributed by atoms with E-state index in [1.807, 2.05) is 0 Å². The maximum atomic E-state index is 3.38. The summed E-state index contributed by atoms with van der Waals surface area (Å²) in [5.41, 5.74) is 0. The molecule has 0 spiro atoms. The van der Waals surface area contributed by atoms with Crippen molar-refractivity contribution < 1.29 is 0 Å². The van der Waals surface area contributed by atoms with Gasteiger partial charge in [-0.1, -0.05) is 50.0 Å². The van der Waals surface area contributed by atoms with E-state index in [1.54, 1.807) is 0 Å². The molecule has 114 valence electrons. The second-order valence-corrected chi connectivity index (χ2v) is 5.46. The second-order valence-electron chi connectivity index (χ2n) is 5.46. The van der Waals surface area contributed by atoms with E-state index in [4.69, 9.17) is 0 Å². The Morgan fingerprint density at radius 3 is 1.95 bits per heavy atom. The summed E-state index contributed by atoms with van der Waals surface area (Å²) < 4.78 is 0. The molecular formula is C18H32N2. The lowest BCUT2D eigenvalue weighted by atomic mass is 10.1. The van der Waals surface area contributed by atoms with Crippen molar-refractivity contribution in [1.29, 1.82) is 0 Å². The van der Waals surface area contributed by atoms with Crippen LogP contribution in [0.4, 0.5) is 0 Å². The molecule has 0 bridgehead atoms. The summed E-state index contributed by atoms with van der Waals surface area (Å²) in [5, 5.41) is 6.74. The molecule has 2 N–H and O–H groups in total. The standard InChI is InChI=1S/C18H32N2/c1-2-4-8-12-16-20-18-14-10-6-5-9-13-17-19-15-11-7-3-1/h5,9,11,14-15,18-20H,1-4,6-8,10,12-13,16-17H2/b9-5-,15-11-,18-14-. The Balaban J connectivity index is 2.17. The minimum Gasteiger partial charge on any atom is -0.391 e. The first-order valence-corrected chi connectivity index (χ1v) is 8.42. The molecule has 0 amide bonds. The van der Waals surface area contributed by atoms with Crippen LogP contribution in [0.3, 0.4) is 0 Å². The highest BCUT2D eigenvalue weighted by Gasteiger charge is 1.90. The van der Waals surface area contributed by atoms with Crippen molar-refractivity contribution >= 4 is 0 Å². The van der Waals surface area contributed by atoms with Crippen molar-refractivity contribution in [2.24, 2.45) is 0 Å². The SMILES string of the molecule is C1=C\CCN/C=C\CCCCCCCCN/C=C\CC/1. The van der Waals surface area contributed by atoms with Gasteiger partial charge in [-0.15, -0.1) is 0 Å². The summed E-state index contributed by atoms with van der Waals surface area (Å²) in [5.74, 6) is 0. The van der Waals surface area contributed by atoms with Crippen molar-refractivity contribution in [1.82, 2.24) is 10.6 Å². The Labute approximate surface area is 125 Å². The van der Waals surface area contributed by atoms with Gasteiger partial charge in [0.05, 0.1) is 0 Å². The fraction of sp³-hybridized carbons (Fsp3) is 0.667. The quantitative estimate of drug-likeness (QED) is 0.629. The van der Waals surface area contributed by atoms with Gasteiger partial charge in [0.25, 0.3) is 0 Å². The summed E-state index contributed by atoms with van der Waals surface area (Å²) in [6.45, 7) is 2.17. The Morgan fingerprint density at radius 1 is 0.450 bits per heavy atom. The van der Waals surface area contributed by atoms with Gasteiger partial charge in [-0.3, -0.25) is 0 Å². The van der Waals surface area contributed by atoms with Crippen molar-refractivity contribution in [3.05, 3.63) is 36.7 Å². The molecular weight excluding hydrogens is 244 g/mol. The molecule has 1 heterocycles. The number of hydrogen-bond acceptors (Lipinski definition) is 2. The topological polar surface area (TPSA) is 24.1 Å². The molecule has 0 aromatic rings. The van der Waals surface area contributed by atoms with Gasteiger partial charge in [0.15, 0.2) is 0 Å². The molecule has 0 atom stereocenters. The molecule has 0 aromatic carbocycles. The van der Waals surface area contributed by atoms with E-state index in [1.165, 1.54) is 44.9 Å². The molecule has 0 unspecified atom stereocenters. The fourth-order valence-electron chi connectivity index (χ4n) is 2.29. The van der Waals surface area contributed by atoms with Gasteiger partial charge in [0.1, 0.15) is 0 Å². The number of allylic oxidation sites excluding steroid dienone is 3. The molecule has 0 fully saturated rings. The minimum atomic E-state index is 1.05. The summed E-state index contributed by atoms with van der Waals surface area (Å²) in [6, 6.07) is 0. The van der Waals surface area contributed by atoms with Crippen molar-refractivity contribution in [3.8, 4) is 0 Å². The van der Waals surface area contributed by atoms with Crippen LogP contribution in [0.1, 0.15) is 64.2 Å². The molecule has 2 nitrogen and oxygen atoms in total. The Morgan fingerprint density at radius 2 is 1.05 bits per heavy atom. The molecule has 1 rings (SSSR count). The van der Waals surface area contributed by atoms with Crippen LogP contribution in [-0.2, 0) is 0 Å². The highest BCUT2D eigenvalue weighted by atomic mass is 14.8. The van der Waals surface area contributed by atoms with Gasteiger partial charge in [-0.05, 0) is 50.9 Å². The maximum absolute atomic E-state index is 3.38. The summed E-state index contributed by atoms with van der Waals surface area (Å²) >= 11 is 0. The summed E-state index contributed by atoms with van der Waals surface area (Å²) in [6.07, 6.45) is 26.1. The predicted molar refractivity (Wildman–Crippen MR) is 89.6 cm³/mol. The van der Waals surface area contributed by atoms with E-state index in [9.17, 15) is 0 Å². The van der Waals surface area contributed by atoms with E-state index in [-0.39, 0.29) is 0 Å². The average molecular weight is 276 g/mol. The van der Waals surface area contributed by atoms with Crippen LogP contribution in [0.2, 0.25) is 0 Å². The van der Waals surface area contributed by atoms with E-state index >= 15 is 0 Å². The predicted octanol–water partition coefficient (Wildman–Crippen LogP) is 4.66. The molecule has 1 aliphatic rings. The fourth-order valence-corrected chi connectivity index (χ4v) is 2.29. The van der Waals surface area contributed by atoms with E-state index in [0.717, 1.165) is 32.4 Å². The van der Waals surface area contributed by atoms with Crippen LogP contribution in [0, 0.1) is 0 Å². The van der Waals surface area contributed by atoms with Crippen LogP contribution >= 0.6 is 0 Å². The van der Waals surface area contributed by atoms with Crippen LogP contribution in [0.5, 0.6) is 0 Å². The normalized spacial score (nSPS) is 25.6. The van der Waals surface area contributed by atoms with Crippen LogP contribution < -0.4 is 10.6 Å². The Bertz CT molecular complexity index is 279. The third-order valence-corrected chi connectivity index (χ3v) is 3.54. The largest absolute Gasteiger partial charge is 0.391 e. The molecule has 2 heteroatoms. The average Bonchev–Trinajstić information content (AvgIpc) is 2.46. The van der Waals surface area contributed by atoms with Crippen LogP contribution in [0.15, 0.2) is 36.7 Å². The van der Waals surface area contributed by atoms with Crippen LogP contribution in [0.25, 0.3) is 0 Å². The molecule has 20 heavy (non-hydrogen) atoms. The molecule has 0 aromatic heterocycles. The summed E-state index contributed by atoms with van der Waals surface area (Å²) in [7, 11) is 0. The zero-order valence-electron chi connectivity index (χ0n) is 12.9. The zero-order valence-corrected chi connectivity index (χ0v) is 12.9. The van der Waals surface area contributed by atoms with Gasteiger partial charge < -0.3 is 10.6 Å². The van der Waals surface area contributed by atoms with Gasteiger partial charge >= 0.3 is 0 Å². The molecule has 0 radical (unpaired) electrons. The maximum Gasteiger partial charge on any atom is 0.0175 e. The number of hydrogen-bond donors (Lipinski definition) is 2. The monoisotopic (exact) mass is 276 g/mol. The lowest BCUT2D eigenvalue weighted by molar-refractivity contribution is 0.588. The third-order valence-electron chi connectivity index (χ3n) is 3.54. The zero-order chi connectivity index (χ0) is 14.1. The summed E-state index contributed by atoms with van der Waals surface area (Å²) in [4.78, 5) is 0. The van der Waals surface area contributed by atoms with Gasteiger partial charge in [0, 0.05) is 13.1 Å². The van der Waals surface area contributed by atoms with Crippen LogP contribution in [-0.4, -0.2) is 13.1 Å².